The minimum absolute atomic E-state index is 0. The minimum Gasteiger partial charge on any atom is -0.380 e. The van der Waals surface area contributed by atoms with Crippen LogP contribution in [-0.4, -0.2) is 30.4 Å². The van der Waals surface area contributed by atoms with E-state index >= 15 is 0 Å². The molecule has 1 aliphatic heterocycles. The molecule has 1 saturated heterocycles. The van der Waals surface area contributed by atoms with Gasteiger partial charge in [-0.05, 0) is 23.6 Å². The van der Waals surface area contributed by atoms with Crippen molar-refractivity contribution >= 4 is 41.5 Å². The molecule has 1 aliphatic rings. The average molecular weight is 494 g/mol. The highest BCUT2D eigenvalue weighted by Gasteiger charge is 2.20. The lowest BCUT2D eigenvalue weighted by Gasteiger charge is -2.17. The number of hydrogen-bond donors (Lipinski definition) is 2. The zero-order chi connectivity index (χ0) is 19.1. The Morgan fingerprint density at radius 2 is 1.82 bits per heavy atom. The topological polar surface area (TPSA) is 80.0 Å². The summed E-state index contributed by atoms with van der Waals surface area (Å²) in [4.78, 5) is 18.3. The number of nitrogens with zero attached hydrogens (tertiary/aromatic N) is 2. The molecule has 1 heterocycles. The third kappa shape index (κ3) is 5.93. The molecule has 3 rings (SSSR count). The number of rotatable bonds is 7. The monoisotopic (exact) mass is 494 g/mol. The summed E-state index contributed by atoms with van der Waals surface area (Å²) in [6, 6.07) is 15.9. The third-order valence-corrected chi connectivity index (χ3v) is 4.65. The van der Waals surface area contributed by atoms with Gasteiger partial charge in [0.25, 0.3) is 0 Å². The van der Waals surface area contributed by atoms with E-state index in [1.807, 2.05) is 53.4 Å². The maximum absolute atomic E-state index is 11.9. The number of benzene rings is 2. The van der Waals surface area contributed by atoms with Crippen LogP contribution in [0.3, 0.4) is 0 Å². The van der Waals surface area contributed by atoms with Gasteiger partial charge in [0.05, 0.1) is 13.2 Å². The highest BCUT2D eigenvalue weighted by Crippen LogP contribution is 2.18. The summed E-state index contributed by atoms with van der Waals surface area (Å²) in [5.74, 6) is 0.579. The highest BCUT2D eigenvalue weighted by atomic mass is 127. The van der Waals surface area contributed by atoms with Crippen LogP contribution in [-0.2, 0) is 29.2 Å². The van der Waals surface area contributed by atoms with E-state index in [0.29, 0.717) is 32.1 Å². The summed E-state index contributed by atoms with van der Waals surface area (Å²) >= 11 is 0. The average Bonchev–Trinajstić information content (AvgIpc) is 3.07. The van der Waals surface area contributed by atoms with E-state index in [1.165, 1.54) is 0 Å². The fourth-order valence-corrected chi connectivity index (χ4v) is 3.21. The van der Waals surface area contributed by atoms with Crippen molar-refractivity contribution in [3.8, 4) is 0 Å². The quantitative estimate of drug-likeness (QED) is 0.351. The highest BCUT2D eigenvalue weighted by molar-refractivity contribution is 14.0. The van der Waals surface area contributed by atoms with Crippen LogP contribution in [0.2, 0.25) is 0 Å². The molecule has 28 heavy (non-hydrogen) atoms. The lowest BCUT2D eigenvalue weighted by atomic mass is 10.1. The number of methoxy groups -OCH3 is 1. The summed E-state index contributed by atoms with van der Waals surface area (Å²) in [5, 5.41) is 3.15. The minimum atomic E-state index is 0. The number of para-hydroxylation sites is 1. The third-order valence-electron chi connectivity index (χ3n) is 4.65. The van der Waals surface area contributed by atoms with Gasteiger partial charge in [0.15, 0.2) is 5.96 Å². The maximum atomic E-state index is 11.9. The fourth-order valence-electron chi connectivity index (χ4n) is 3.21. The number of likely N-dealkylation sites (tertiary alicyclic amines) is 1. The molecule has 0 spiro atoms. The predicted octanol–water partition coefficient (Wildman–Crippen LogP) is 3.50. The van der Waals surface area contributed by atoms with Gasteiger partial charge in [-0.25, -0.2) is 4.99 Å². The van der Waals surface area contributed by atoms with E-state index in [2.05, 4.69) is 10.3 Å². The number of carbonyl (C=O) groups excluding carboxylic acids is 1. The molecule has 0 saturated carbocycles. The second-order valence-electron chi connectivity index (χ2n) is 6.60. The van der Waals surface area contributed by atoms with Crippen LogP contribution in [0, 0.1) is 0 Å². The Morgan fingerprint density at radius 3 is 2.50 bits per heavy atom. The van der Waals surface area contributed by atoms with Crippen LogP contribution in [0.25, 0.3) is 0 Å². The van der Waals surface area contributed by atoms with E-state index in [1.54, 1.807) is 7.11 Å². The molecule has 0 aliphatic carbocycles. The summed E-state index contributed by atoms with van der Waals surface area (Å²) in [5.41, 5.74) is 10.2. The van der Waals surface area contributed by atoms with E-state index in [0.717, 1.165) is 35.3 Å². The first kappa shape index (κ1) is 22.2. The summed E-state index contributed by atoms with van der Waals surface area (Å²) in [7, 11) is 1.66. The number of nitrogens with one attached hydrogen (secondary N) is 1. The first-order valence-corrected chi connectivity index (χ1v) is 9.15. The molecular weight excluding hydrogens is 467 g/mol. The van der Waals surface area contributed by atoms with Gasteiger partial charge in [0.1, 0.15) is 0 Å². The number of aliphatic imine (C=N–C) groups is 1. The van der Waals surface area contributed by atoms with Crippen LogP contribution >= 0.6 is 24.0 Å². The van der Waals surface area contributed by atoms with Crippen molar-refractivity contribution in [3.63, 3.8) is 0 Å². The number of amides is 1. The molecule has 2 aromatic carbocycles. The smallest absolute Gasteiger partial charge is 0.222 e. The molecule has 2 aromatic rings. The normalized spacial score (nSPS) is 14.1. The zero-order valence-electron chi connectivity index (χ0n) is 16.1. The Hall–Kier alpha value is -2.13. The molecule has 0 atom stereocenters. The number of hydrogen-bond acceptors (Lipinski definition) is 3. The van der Waals surface area contributed by atoms with Gasteiger partial charge in [-0.15, -0.1) is 24.0 Å². The van der Waals surface area contributed by atoms with Crippen LogP contribution in [0.5, 0.6) is 0 Å². The van der Waals surface area contributed by atoms with Crippen LogP contribution in [0.1, 0.15) is 29.5 Å². The molecule has 0 radical (unpaired) electrons. The summed E-state index contributed by atoms with van der Waals surface area (Å²) < 4.78 is 5.21. The largest absolute Gasteiger partial charge is 0.380 e. The number of anilines is 1. The summed E-state index contributed by atoms with van der Waals surface area (Å²) in [6.45, 7) is 2.43. The number of halogens is 1. The van der Waals surface area contributed by atoms with E-state index in [4.69, 9.17) is 10.5 Å². The van der Waals surface area contributed by atoms with Crippen molar-refractivity contribution in [1.82, 2.24) is 4.90 Å². The Bertz CT molecular complexity index is 826. The van der Waals surface area contributed by atoms with Crippen LogP contribution in [0.15, 0.2) is 53.5 Å². The van der Waals surface area contributed by atoms with Crippen molar-refractivity contribution < 1.29 is 9.53 Å². The zero-order valence-corrected chi connectivity index (χ0v) is 18.4. The van der Waals surface area contributed by atoms with Gasteiger partial charge in [0, 0.05) is 37.9 Å². The number of ether oxygens (including phenoxy) is 1. The van der Waals surface area contributed by atoms with Gasteiger partial charge in [-0.3, -0.25) is 4.79 Å². The van der Waals surface area contributed by atoms with Crippen molar-refractivity contribution in [2.45, 2.75) is 32.5 Å². The molecule has 3 N–H and O–H groups in total. The van der Waals surface area contributed by atoms with Crippen LogP contribution in [0.4, 0.5) is 5.69 Å². The van der Waals surface area contributed by atoms with Crippen LogP contribution < -0.4 is 11.1 Å². The molecule has 6 nitrogen and oxygen atoms in total. The number of guanidine groups is 1. The molecule has 1 amide bonds. The SMILES string of the molecule is COCc1ccccc1NC(N)=NCc1ccccc1CN1CCCC1=O.I. The predicted molar refractivity (Wildman–Crippen MR) is 123 cm³/mol. The standard InChI is InChI=1S/C21H26N4O2.HI/c1-27-15-18-9-4-5-10-19(18)24-21(22)23-13-16-7-2-3-8-17(16)14-25-12-6-11-20(25)26;/h2-5,7-10H,6,11-15H2,1H3,(H3,22,23,24);1H. The Labute approximate surface area is 183 Å². The van der Waals surface area contributed by atoms with Gasteiger partial charge in [0.2, 0.25) is 5.91 Å². The van der Waals surface area contributed by atoms with E-state index in [9.17, 15) is 4.79 Å². The Balaban J connectivity index is 0.00000280. The molecule has 150 valence electrons. The summed E-state index contributed by atoms with van der Waals surface area (Å²) in [6.07, 6.45) is 1.59. The molecule has 1 fully saturated rings. The molecule has 0 unspecified atom stereocenters. The first-order chi connectivity index (χ1) is 13.2. The lowest BCUT2D eigenvalue weighted by molar-refractivity contribution is -0.128. The number of carbonyl (C=O) groups is 1. The molecular formula is C21H27IN4O2. The fraction of sp³-hybridized carbons (Fsp3) is 0.333. The van der Waals surface area contributed by atoms with E-state index < -0.39 is 0 Å². The lowest BCUT2D eigenvalue weighted by Crippen LogP contribution is -2.25. The second kappa shape index (κ2) is 11.0. The molecule has 0 aromatic heterocycles. The van der Waals surface area contributed by atoms with Crippen molar-refractivity contribution in [2.24, 2.45) is 10.7 Å². The van der Waals surface area contributed by atoms with Gasteiger partial charge in [-0.1, -0.05) is 42.5 Å². The molecule has 0 bridgehead atoms. The number of nitrogens with two attached hydrogens (primary N) is 1. The first-order valence-electron chi connectivity index (χ1n) is 9.15. The van der Waals surface area contributed by atoms with Gasteiger partial charge >= 0.3 is 0 Å². The van der Waals surface area contributed by atoms with E-state index in [-0.39, 0.29) is 29.9 Å². The van der Waals surface area contributed by atoms with Crippen molar-refractivity contribution in [1.29, 1.82) is 0 Å². The van der Waals surface area contributed by atoms with Crippen molar-refractivity contribution in [2.75, 3.05) is 19.0 Å². The second-order valence-corrected chi connectivity index (χ2v) is 6.60. The molecule has 7 heteroatoms. The maximum Gasteiger partial charge on any atom is 0.222 e. The van der Waals surface area contributed by atoms with Gasteiger partial charge < -0.3 is 20.7 Å². The Morgan fingerprint density at radius 1 is 1.14 bits per heavy atom. The van der Waals surface area contributed by atoms with Crippen molar-refractivity contribution in [3.05, 3.63) is 65.2 Å². The Kier molecular flexibility index (Phi) is 8.72. The van der Waals surface area contributed by atoms with Gasteiger partial charge in [-0.2, -0.15) is 0 Å².